The van der Waals surface area contributed by atoms with Crippen LogP contribution in [0.3, 0.4) is 0 Å². The van der Waals surface area contributed by atoms with Crippen LogP contribution in [0.5, 0.6) is 0 Å². The normalized spacial score (nSPS) is 13.3. The molecule has 122 valence electrons. The van der Waals surface area contributed by atoms with E-state index in [4.69, 9.17) is 16.2 Å². The van der Waals surface area contributed by atoms with E-state index in [0.717, 1.165) is 0 Å². The lowest BCUT2D eigenvalue weighted by Crippen LogP contribution is -2.46. The average molecular weight is 303 g/mol. The molecule has 0 fully saturated rings. The molecule has 0 bridgehead atoms. The van der Waals surface area contributed by atoms with Gasteiger partial charge >= 0.3 is 18.0 Å². The number of nitrogens with one attached hydrogen (secondary N) is 1. The molecule has 0 aliphatic carbocycles. The fourth-order valence-electron chi connectivity index (χ4n) is 1.06. The van der Waals surface area contributed by atoms with Crippen molar-refractivity contribution in [3.8, 4) is 0 Å². The van der Waals surface area contributed by atoms with Crippen molar-refractivity contribution in [3.63, 3.8) is 0 Å². The van der Waals surface area contributed by atoms with Gasteiger partial charge in [0.25, 0.3) is 0 Å². The van der Waals surface area contributed by atoms with Crippen LogP contribution in [0.1, 0.15) is 41.0 Å². The molecule has 0 saturated carbocycles. The van der Waals surface area contributed by atoms with Gasteiger partial charge in [0.05, 0.1) is 0 Å². The van der Waals surface area contributed by atoms with Crippen LogP contribution in [0.4, 0.5) is 4.79 Å². The molecule has 1 amide bonds. The lowest BCUT2D eigenvalue weighted by atomic mass is 10.1. The Morgan fingerprint density at radius 3 is 2.10 bits per heavy atom. The largest absolute Gasteiger partial charge is 0.444 e. The third-order valence-electron chi connectivity index (χ3n) is 2.15. The number of ether oxygens (including phenoxy) is 2. The summed E-state index contributed by atoms with van der Waals surface area (Å²) in [6, 6.07) is -1.04. The van der Waals surface area contributed by atoms with Gasteiger partial charge in [-0.1, -0.05) is 0 Å². The Hall–Kier alpha value is -1.67. The number of carbonyl (C=O) groups is 3. The molecule has 5 N–H and O–H groups in total. The van der Waals surface area contributed by atoms with Gasteiger partial charge in [-0.2, -0.15) is 0 Å². The number of esters is 2. The molecule has 21 heavy (non-hydrogen) atoms. The number of alkyl carbamates (subject to hydrolysis) is 1. The first kappa shape index (κ1) is 19.3. The van der Waals surface area contributed by atoms with E-state index in [2.05, 4.69) is 10.1 Å². The third-order valence-corrected chi connectivity index (χ3v) is 2.15. The minimum absolute atomic E-state index is 0.107. The third kappa shape index (κ3) is 8.98. The number of nitrogens with two attached hydrogens (primary N) is 2. The molecule has 0 rings (SSSR count). The number of rotatable bonds is 5. The zero-order valence-electron chi connectivity index (χ0n) is 13.2. The maximum atomic E-state index is 11.5. The Balaban J connectivity index is 4.10. The zero-order chi connectivity index (χ0) is 16.8. The Morgan fingerprint density at radius 1 is 1.14 bits per heavy atom. The lowest BCUT2D eigenvalue weighted by Gasteiger charge is -2.20. The molecule has 0 aromatic rings. The number of carbonyl (C=O) groups excluding carboxylic acids is 3. The Morgan fingerprint density at radius 2 is 1.67 bits per heavy atom. The van der Waals surface area contributed by atoms with E-state index in [0.29, 0.717) is 0 Å². The maximum absolute atomic E-state index is 11.5. The molecule has 0 aliphatic rings. The summed E-state index contributed by atoms with van der Waals surface area (Å²) >= 11 is 0. The van der Waals surface area contributed by atoms with Crippen LogP contribution in [0, 0.1) is 0 Å². The van der Waals surface area contributed by atoms with E-state index in [9.17, 15) is 14.4 Å². The first-order valence-electron chi connectivity index (χ1n) is 6.60. The van der Waals surface area contributed by atoms with Gasteiger partial charge in [0.2, 0.25) is 0 Å². The van der Waals surface area contributed by atoms with Gasteiger partial charge in [0, 0.05) is 6.54 Å². The second-order valence-electron chi connectivity index (χ2n) is 6.25. The molecule has 0 heterocycles. The predicted octanol–water partition coefficient (Wildman–Crippen LogP) is 0.0356. The standard InChI is InChI=1S/C13H25N3O5/c1-12(2,3)21-11(19)16-7-6-8(14)9(17)20-10(18)13(4,5)15/h8H,6-7,14-15H2,1-5H3,(H,16,19)/t8-/m0/s1. The lowest BCUT2D eigenvalue weighted by molar-refractivity contribution is -0.163. The van der Waals surface area contributed by atoms with Gasteiger partial charge < -0.3 is 26.3 Å². The fourth-order valence-corrected chi connectivity index (χ4v) is 1.06. The second kappa shape index (κ2) is 7.37. The number of hydrogen-bond acceptors (Lipinski definition) is 7. The van der Waals surface area contributed by atoms with Gasteiger partial charge in [0.15, 0.2) is 0 Å². The molecule has 0 spiro atoms. The molecule has 0 radical (unpaired) electrons. The summed E-state index contributed by atoms with van der Waals surface area (Å²) < 4.78 is 9.55. The highest BCUT2D eigenvalue weighted by molar-refractivity contribution is 5.92. The summed E-state index contributed by atoms with van der Waals surface area (Å²) in [7, 11) is 0. The summed E-state index contributed by atoms with van der Waals surface area (Å²) in [4.78, 5) is 34.3. The topological polar surface area (TPSA) is 134 Å². The molecule has 1 atom stereocenters. The van der Waals surface area contributed by atoms with E-state index in [1.165, 1.54) is 13.8 Å². The summed E-state index contributed by atoms with van der Waals surface area (Å²) in [6.45, 7) is 8.14. The van der Waals surface area contributed by atoms with E-state index < -0.39 is 35.2 Å². The van der Waals surface area contributed by atoms with Gasteiger partial charge in [-0.15, -0.1) is 0 Å². The zero-order valence-corrected chi connectivity index (χ0v) is 13.2. The Kier molecular flexibility index (Phi) is 6.78. The fraction of sp³-hybridized carbons (Fsp3) is 0.769. The minimum Gasteiger partial charge on any atom is -0.444 e. The molecular weight excluding hydrogens is 278 g/mol. The average Bonchev–Trinajstić information content (AvgIpc) is 2.24. The van der Waals surface area contributed by atoms with Gasteiger partial charge in [0.1, 0.15) is 17.2 Å². The van der Waals surface area contributed by atoms with Crippen LogP contribution < -0.4 is 16.8 Å². The van der Waals surface area contributed by atoms with Crippen molar-refractivity contribution in [2.45, 2.75) is 58.2 Å². The van der Waals surface area contributed by atoms with Crippen LogP contribution in [-0.2, 0) is 19.1 Å². The van der Waals surface area contributed by atoms with Crippen LogP contribution in [0.15, 0.2) is 0 Å². The second-order valence-corrected chi connectivity index (χ2v) is 6.25. The summed E-state index contributed by atoms with van der Waals surface area (Å²) in [5.41, 5.74) is 9.17. The van der Waals surface area contributed by atoms with E-state index in [-0.39, 0.29) is 13.0 Å². The molecule has 8 heteroatoms. The van der Waals surface area contributed by atoms with Crippen molar-refractivity contribution in [2.75, 3.05) is 6.54 Å². The highest BCUT2D eigenvalue weighted by Gasteiger charge is 2.28. The van der Waals surface area contributed by atoms with Gasteiger partial charge in [-0.05, 0) is 41.0 Å². The van der Waals surface area contributed by atoms with Crippen molar-refractivity contribution in [3.05, 3.63) is 0 Å². The monoisotopic (exact) mass is 303 g/mol. The summed E-state index contributed by atoms with van der Waals surface area (Å²) in [5.74, 6) is -1.74. The molecule has 0 aromatic heterocycles. The first-order valence-corrected chi connectivity index (χ1v) is 6.60. The molecule has 8 nitrogen and oxygen atoms in total. The quantitative estimate of drug-likeness (QED) is 0.482. The van der Waals surface area contributed by atoms with Crippen LogP contribution in [0.25, 0.3) is 0 Å². The highest BCUT2D eigenvalue weighted by Crippen LogP contribution is 2.06. The van der Waals surface area contributed by atoms with Crippen LogP contribution in [-0.4, -0.2) is 41.8 Å². The molecule has 0 aliphatic heterocycles. The van der Waals surface area contributed by atoms with Crippen LogP contribution >= 0.6 is 0 Å². The Labute approximate surface area is 124 Å². The molecule has 0 saturated heterocycles. The Bertz CT molecular complexity index is 396. The highest BCUT2D eigenvalue weighted by atomic mass is 16.6. The van der Waals surface area contributed by atoms with Crippen molar-refractivity contribution in [2.24, 2.45) is 11.5 Å². The van der Waals surface area contributed by atoms with Gasteiger partial charge in [-0.25, -0.2) is 14.4 Å². The molecule has 0 aromatic carbocycles. The van der Waals surface area contributed by atoms with Crippen LogP contribution in [0.2, 0.25) is 0 Å². The van der Waals surface area contributed by atoms with Crippen molar-refractivity contribution >= 4 is 18.0 Å². The smallest absolute Gasteiger partial charge is 0.407 e. The van der Waals surface area contributed by atoms with Crippen molar-refractivity contribution in [1.82, 2.24) is 5.32 Å². The van der Waals surface area contributed by atoms with E-state index in [1.54, 1.807) is 20.8 Å². The predicted molar refractivity (Wildman–Crippen MR) is 76.2 cm³/mol. The summed E-state index contributed by atoms with van der Waals surface area (Å²) in [5, 5.41) is 2.45. The summed E-state index contributed by atoms with van der Waals surface area (Å²) in [6.07, 6.45) is -0.502. The van der Waals surface area contributed by atoms with E-state index in [1.807, 2.05) is 0 Å². The van der Waals surface area contributed by atoms with Crippen molar-refractivity contribution in [1.29, 1.82) is 0 Å². The SMILES string of the molecule is CC(C)(C)OC(=O)NCC[C@H](N)C(=O)OC(=O)C(C)(C)N. The minimum atomic E-state index is -1.27. The number of hydrogen-bond donors (Lipinski definition) is 3. The van der Waals surface area contributed by atoms with Gasteiger partial charge in [-0.3, -0.25) is 0 Å². The molecular formula is C13H25N3O5. The first-order chi connectivity index (χ1) is 9.33. The number of amides is 1. The van der Waals surface area contributed by atoms with E-state index >= 15 is 0 Å². The van der Waals surface area contributed by atoms with Crippen molar-refractivity contribution < 1.29 is 23.9 Å². The molecule has 0 unspecified atom stereocenters. The maximum Gasteiger partial charge on any atom is 0.407 e.